The van der Waals surface area contributed by atoms with Crippen molar-refractivity contribution in [3.05, 3.63) is 87.5 Å². The molecule has 0 aliphatic rings. The zero-order chi connectivity index (χ0) is 25.5. The number of aliphatic hydroxyl groups excluding tert-OH is 1. The van der Waals surface area contributed by atoms with Crippen LogP contribution in [0.25, 0.3) is 10.9 Å². The van der Waals surface area contributed by atoms with Crippen molar-refractivity contribution >= 4 is 10.9 Å². The number of aryl methyl sites for hydroxylation is 3. The van der Waals surface area contributed by atoms with Gasteiger partial charge in [0.25, 0.3) is 5.56 Å². The van der Waals surface area contributed by atoms with E-state index in [1.165, 1.54) is 11.1 Å². The summed E-state index contributed by atoms with van der Waals surface area (Å²) in [6.45, 7) is 8.22. The van der Waals surface area contributed by atoms with Crippen LogP contribution < -0.4 is 5.56 Å². The van der Waals surface area contributed by atoms with E-state index in [0.717, 1.165) is 29.6 Å². The third kappa shape index (κ3) is 6.06. The summed E-state index contributed by atoms with van der Waals surface area (Å²) in [5.74, 6) is 0.973. The molecule has 4 aromatic rings. The van der Waals surface area contributed by atoms with E-state index < -0.39 is 0 Å². The molecule has 2 aromatic heterocycles. The molecule has 1 atom stereocenters. The van der Waals surface area contributed by atoms with E-state index in [4.69, 9.17) is 0 Å². The van der Waals surface area contributed by atoms with Crippen molar-refractivity contribution in [2.24, 2.45) is 5.92 Å². The highest BCUT2D eigenvalue weighted by Gasteiger charge is 2.29. The van der Waals surface area contributed by atoms with Gasteiger partial charge in [-0.15, -0.1) is 5.10 Å². The first-order valence-electron chi connectivity index (χ1n) is 12.8. The molecule has 0 aliphatic heterocycles. The third-order valence-corrected chi connectivity index (χ3v) is 6.67. The second-order valence-corrected chi connectivity index (χ2v) is 9.63. The number of hydrogen-bond donors (Lipinski definition) is 2. The maximum Gasteiger partial charge on any atom is 0.252 e. The van der Waals surface area contributed by atoms with E-state index in [1.807, 2.05) is 35.0 Å². The molecular weight excluding hydrogens is 452 g/mol. The molecular formula is C28H36N6O2. The first-order valence-corrected chi connectivity index (χ1v) is 12.8. The van der Waals surface area contributed by atoms with Crippen LogP contribution in [0.4, 0.5) is 0 Å². The molecule has 190 valence electrons. The fourth-order valence-electron chi connectivity index (χ4n) is 4.79. The zero-order valence-corrected chi connectivity index (χ0v) is 21.4. The molecule has 0 aliphatic carbocycles. The minimum absolute atomic E-state index is 0.0776. The lowest BCUT2D eigenvalue weighted by Gasteiger charge is -2.33. The van der Waals surface area contributed by atoms with Gasteiger partial charge in [0.2, 0.25) is 0 Å². The highest BCUT2D eigenvalue weighted by atomic mass is 16.3. The molecule has 0 amide bonds. The van der Waals surface area contributed by atoms with Crippen LogP contribution in [0.5, 0.6) is 0 Å². The summed E-state index contributed by atoms with van der Waals surface area (Å²) in [5.41, 5.74) is 3.91. The van der Waals surface area contributed by atoms with Crippen molar-refractivity contribution in [1.29, 1.82) is 0 Å². The molecule has 36 heavy (non-hydrogen) atoms. The van der Waals surface area contributed by atoms with Crippen LogP contribution in [-0.4, -0.2) is 48.3 Å². The number of nitrogens with one attached hydrogen (secondary N) is 1. The average molecular weight is 489 g/mol. The fraction of sp³-hybridized carbons (Fsp3) is 0.429. The Morgan fingerprint density at radius 2 is 1.89 bits per heavy atom. The van der Waals surface area contributed by atoms with E-state index >= 15 is 0 Å². The molecule has 0 radical (unpaired) electrons. The lowest BCUT2D eigenvalue weighted by atomic mass is 9.99. The van der Waals surface area contributed by atoms with Gasteiger partial charge in [0.15, 0.2) is 5.82 Å². The van der Waals surface area contributed by atoms with Crippen LogP contribution in [0.1, 0.15) is 55.7 Å². The number of rotatable bonds is 12. The van der Waals surface area contributed by atoms with Crippen LogP contribution >= 0.6 is 0 Å². The highest BCUT2D eigenvalue weighted by Crippen LogP contribution is 2.29. The topological polar surface area (TPSA) is 99.9 Å². The van der Waals surface area contributed by atoms with Gasteiger partial charge in [-0.3, -0.25) is 9.69 Å². The van der Waals surface area contributed by atoms with Gasteiger partial charge in [-0.1, -0.05) is 57.2 Å². The van der Waals surface area contributed by atoms with Crippen LogP contribution in [0.3, 0.4) is 0 Å². The Hall–Kier alpha value is -3.36. The highest BCUT2D eigenvalue weighted by molar-refractivity contribution is 5.79. The quantitative estimate of drug-likeness (QED) is 0.314. The summed E-state index contributed by atoms with van der Waals surface area (Å²) in [6, 6.07) is 18.3. The van der Waals surface area contributed by atoms with Crippen molar-refractivity contribution < 1.29 is 5.11 Å². The summed E-state index contributed by atoms with van der Waals surface area (Å²) in [7, 11) is 0. The Labute approximate surface area is 212 Å². The maximum absolute atomic E-state index is 13.0. The van der Waals surface area contributed by atoms with Gasteiger partial charge in [0.1, 0.15) is 0 Å². The Morgan fingerprint density at radius 1 is 1.08 bits per heavy atom. The molecule has 4 rings (SSSR count). The number of benzene rings is 2. The summed E-state index contributed by atoms with van der Waals surface area (Å²) in [6.07, 6.45) is 2.36. The van der Waals surface area contributed by atoms with Gasteiger partial charge in [0, 0.05) is 37.3 Å². The predicted octanol–water partition coefficient (Wildman–Crippen LogP) is 3.90. The zero-order valence-electron chi connectivity index (χ0n) is 21.4. The van der Waals surface area contributed by atoms with Crippen LogP contribution in [0.2, 0.25) is 0 Å². The van der Waals surface area contributed by atoms with Crippen molar-refractivity contribution in [1.82, 2.24) is 30.1 Å². The number of aliphatic hydroxyl groups is 1. The first-order chi connectivity index (χ1) is 17.5. The summed E-state index contributed by atoms with van der Waals surface area (Å²) in [4.78, 5) is 18.3. The summed E-state index contributed by atoms with van der Waals surface area (Å²) in [5, 5.41) is 23.4. The monoisotopic (exact) mass is 488 g/mol. The normalized spacial score (nSPS) is 12.6. The predicted molar refractivity (Wildman–Crippen MR) is 142 cm³/mol. The third-order valence-electron chi connectivity index (χ3n) is 6.67. The smallest absolute Gasteiger partial charge is 0.252 e. The van der Waals surface area contributed by atoms with Crippen molar-refractivity contribution in [2.75, 3.05) is 13.2 Å². The number of pyridine rings is 1. The van der Waals surface area contributed by atoms with Gasteiger partial charge in [-0.05, 0) is 70.3 Å². The molecule has 0 fully saturated rings. The number of aromatic nitrogens is 5. The SMILES string of the molecule is CCc1ccc2[nH]c(=O)c(CN(CCCO)[C@H](c3nnnn3CCc3ccccc3)C(C)C)cc2c1. The molecule has 0 spiro atoms. The van der Waals surface area contributed by atoms with Gasteiger partial charge in [0.05, 0.1) is 6.04 Å². The minimum atomic E-state index is -0.112. The summed E-state index contributed by atoms with van der Waals surface area (Å²) < 4.78 is 1.88. The van der Waals surface area contributed by atoms with E-state index in [9.17, 15) is 9.90 Å². The van der Waals surface area contributed by atoms with E-state index in [1.54, 1.807) is 0 Å². The number of fused-ring (bicyclic) bond motifs is 1. The Bertz CT molecular complexity index is 1310. The minimum Gasteiger partial charge on any atom is -0.396 e. The molecule has 2 N–H and O–H groups in total. The van der Waals surface area contributed by atoms with Crippen LogP contribution in [0.15, 0.2) is 59.4 Å². The Morgan fingerprint density at radius 3 is 2.61 bits per heavy atom. The molecule has 0 bridgehead atoms. The number of tetrazole rings is 1. The molecule has 2 aromatic carbocycles. The Balaban J connectivity index is 1.65. The molecule has 0 saturated carbocycles. The van der Waals surface area contributed by atoms with E-state index in [0.29, 0.717) is 31.6 Å². The Kier molecular flexibility index (Phi) is 8.61. The molecule has 8 nitrogen and oxygen atoms in total. The molecule has 0 saturated heterocycles. The van der Waals surface area contributed by atoms with Crippen LogP contribution in [0, 0.1) is 5.92 Å². The lowest BCUT2D eigenvalue weighted by Crippen LogP contribution is -2.36. The lowest BCUT2D eigenvalue weighted by molar-refractivity contribution is 0.122. The number of aromatic amines is 1. The summed E-state index contributed by atoms with van der Waals surface area (Å²) >= 11 is 0. The second-order valence-electron chi connectivity index (χ2n) is 9.63. The van der Waals surface area contributed by atoms with E-state index in [-0.39, 0.29) is 24.1 Å². The van der Waals surface area contributed by atoms with Crippen molar-refractivity contribution in [3.63, 3.8) is 0 Å². The molecule has 8 heteroatoms. The average Bonchev–Trinajstić information content (AvgIpc) is 3.34. The van der Waals surface area contributed by atoms with Gasteiger partial charge >= 0.3 is 0 Å². The number of H-pyrrole nitrogens is 1. The van der Waals surface area contributed by atoms with Gasteiger partial charge < -0.3 is 10.1 Å². The van der Waals surface area contributed by atoms with E-state index in [2.05, 4.69) is 70.4 Å². The first kappa shape index (κ1) is 25.7. The second kappa shape index (κ2) is 12.1. The van der Waals surface area contributed by atoms with Gasteiger partial charge in [-0.25, -0.2) is 4.68 Å². The van der Waals surface area contributed by atoms with Crippen molar-refractivity contribution in [3.8, 4) is 0 Å². The largest absolute Gasteiger partial charge is 0.396 e. The van der Waals surface area contributed by atoms with Gasteiger partial charge in [-0.2, -0.15) is 0 Å². The fourth-order valence-corrected chi connectivity index (χ4v) is 4.79. The molecule has 2 heterocycles. The number of hydrogen-bond acceptors (Lipinski definition) is 6. The molecule has 0 unspecified atom stereocenters. The standard InChI is InChI=1S/C28H36N6O2/c1-4-21-11-12-25-23(17-21)18-24(28(36)29-25)19-33(14-8-16-35)26(20(2)3)27-30-31-32-34(27)15-13-22-9-6-5-7-10-22/h5-7,9-12,17-18,20,26,35H,4,8,13-16,19H2,1-3H3,(H,29,36)/t26-/m0/s1. The maximum atomic E-state index is 13.0. The van der Waals surface area contributed by atoms with Crippen molar-refractivity contribution in [2.45, 2.75) is 59.2 Å². The van der Waals surface area contributed by atoms with Crippen LogP contribution in [-0.2, 0) is 25.9 Å². The number of nitrogens with zero attached hydrogens (tertiary/aromatic N) is 5.